The van der Waals surface area contributed by atoms with Gasteiger partial charge in [0.1, 0.15) is 6.33 Å². The van der Waals surface area contributed by atoms with E-state index in [0.29, 0.717) is 5.56 Å². The number of nitro benzene ring substituents is 1. The van der Waals surface area contributed by atoms with Gasteiger partial charge in [-0.05, 0) is 12.1 Å². The zero-order valence-electron chi connectivity index (χ0n) is 10.4. The first-order valence-electron chi connectivity index (χ1n) is 5.95. The number of benzene rings is 2. The van der Waals surface area contributed by atoms with E-state index in [1.54, 1.807) is 29.4 Å². The molecular formula is C14H10N4O2. The fourth-order valence-corrected chi connectivity index (χ4v) is 1.89. The highest BCUT2D eigenvalue weighted by atomic mass is 16.6. The van der Waals surface area contributed by atoms with Crippen LogP contribution in [0.3, 0.4) is 0 Å². The van der Waals surface area contributed by atoms with Crippen LogP contribution in [0.1, 0.15) is 5.56 Å². The molecule has 6 nitrogen and oxygen atoms in total. The summed E-state index contributed by atoms with van der Waals surface area (Å²) in [4.78, 5) is 14.5. The molecule has 0 unspecified atom stereocenters. The van der Waals surface area contributed by atoms with Crippen LogP contribution in [0.2, 0.25) is 0 Å². The molecule has 3 rings (SSSR count). The first-order chi connectivity index (χ1) is 9.74. The number of nitrogens with zero attached hydrogens (tertiary/aromatic N) is 4. The van der Waals surface area contributed by atoms with Crippen molar-refractivity contribution >= 4 is 22.9 Å². The van der Waals surface area contributed by atoms with Crippen molar-refractivity contribution in [2.24, 2.45) is 5.10 Å². The van der Waals surface area contributed by atoms with Gasteiger partial charge in [-0.25, -0.2) is 9.66 Å². The first-order valence-corrected chi connectivity index (χ1v) is 5.95. The minimum Gasteiger partial charge on any atom is -0.258 e. The van der Waals surface area contributed by atoms with Gasteiger partial charge in [0.2, 0.25) is 0 Å². The number of rotatable bonds is 3. The number of hydrogen-bond donors (Lipinski definition) is 0. The lowest BCUT2D eigenvalue weighted by molar-refractivity contribution is -0.384. The van der Waals surface area contributed by atoms with Gasteiger partial charge in [-0.1, -0.05) is 24.3 Å². The summed E-state index contributed by atoms with van der Waals surface area (Å²) in [7, 11) is 0. The second kappa shape index (κ2) is 4.93. The number of non-ortho nitro benzene ring substituents is 1. The highest BCUT2D eigenvalue weighted by molar-refractivity contribution is 5.82. The molecule has 6 heteroatoms. The monoisotopic (exact) mass is 266 g/mol. The van der Waals surface area contributed by atoms with Crippen LogP contribution in [-0.2, 0) is 0 Å². The fraction of sp³-hybridized carbons (Fsp3) is 0. The third-order valence-electron chi connectivity index (χ3n) is 2.85. The molecule has 0 aliphatic rings. The van der Waals surface area contributed by atoms with Crippen LogP contribution in [0.25, 0.3) is 11.0 Å². The van der Waals surface area contributed by atoms with Crippen molar-refractivity contribution in [1.82, 2.24) is 9.66 Å². The number of para-hydroxylation sites is 2. The van der Waals surface area contributed by atoms with E-state index < -0.39 is 4.92 Å². The molecule has 0 aliphatic heterocycles. The molecule has 20 heavy (non-hydrogen) atoms. The molecule has 98 valence electrons. The summed E-state index contributed by atoms with van der Waals surface area (Å²) in [6, 6.07) is 13.9. The van der Waals surface area contributed by atoms with Gasteiger partial charge < -0.3 is 0 Å². The molecule has 0 saturated carbocycles. The Bertz CT molecular complexity index is 808. The van der Waals surface area contributed by atoms with Gasteiger partial charge in [-0.2, -0.15) is 5.10 Å². The van der Waals surface area contributed by atoms with Gasteiger partial charge in [0.25, 0.3) is 5.69 Å². The zero-order chi connectivity index (χ0) is 13.9. The Labute approximate surface area is 114 Å². The number of imidazole rings is 1. The van der Waals surface area contributed by atoms with Gasteiger partial charge in [-0.3, -0.25) is 10.1 Å². The SMILES string of the molecule is O=[N+]([O-])c1cccc(/C=N/n2cnc3ccccc32)c1. The van der Waals surface area contributed by atoms with Crippen molar-refractivity contribution < 1.29 is 4.92 Å². The molecule has 0 fully saturated rings. The maximum atomic E-state index is 10.7. The predicted octanol–water partition coefficient (Wildman–Crippen LogP) is 2.83. The largest absolute Gasteiger partial charge is 0.270 e. The predicted molar refractivity (Wildman–Crippen MR) is 75.8 cm³/mol. The van der Waals surface area contributed by atoms with E-state index in [1.165, 1.54) is 12.1 Å². The van der Waals surface area contributed by atoms with Gasteiger partial charge >= 0.3 is 0 Å². The Morgan fingerprint density at radius 1 is 1.20 bits per heavy atom. The summed E-state index contributed by atoms with van der Waals surface area (Å²) in [5, 5.41) is 15.0. The molecule has 3 aromatic rings. The fourth-order valence-electron chi connectivity index (χ4n) is 1.89. The van der Waals surface area contributed by atoms with Gasteiger partial charge in [0, 0.05) is 17.7 Å². The summed E-state index contributed by atoms with van der Waals surface area (Å²) >= 11 is 0. The average Bonchev–Trinajstić information content (AvgIpc) is 2.89. The van der Waals surface area contributed by atoms with Gasteiger partial charge in [-0.15, -0.1) is 0 Å². The lowest BCUT2D eigenvalue weighted by Crippen LogP contribution is -1.91. The summed E-state index contributed by atoms with van der Waals surface area (Å²) in [5.41, 5.74) is 2.44. The van der Waals surface area contributed by atoms with Gasteiger partial charge in [0.15, 0.2) is 0 Å². The number of hydrogen-bond acceptors (Lipinski definition) is 4. The topological polar surface area (TPSA) is 73.3 Å². The Balaban J connectivity index is 1.94. The quantitative estimate of drug-likeness (QED) is 0.415. The molecule has 0 saturated heterocycles. The van der Waals surface area contributed by atoms with Crippen LogP contribution >= 0.6 is 0 Å². The Morgan fingerprint density at radius 2 is 2.05 bits per heavy atom. The van der Waals surface area contributed by atoms with E-state index in [9.17, 15) is 10.1 Å². The minimum absolute atomic E-state index is 0.0458. The van der Waals surface area contributed by atoms with E-state index in [4.69, 9.17) is 0 Å². The van der Waals surface area contributed by atoms with Crippen LogP contribution in [0.4, 0.5) is 5.69 Å². The Morgan fingerprint density at radius 3 is 2.90 bits per heavy atom. The van der Waals surface area contributed by atoms with Crippen molar-refractivity contribution in [3.63, 3.8) is 0 Å². The third-order valence-corrected chi connectivity index (χ3v) is 2.85. The maximum absolute atomic E-state index is 10.7. The van der Waals surface area contributed by atoms with Crippen molar-refractivity contribution in [3.05, 3.63) is 70.5 Å². The number of nitro groups is 1. The second-order valence-electron chi connectivity index (χ2n) is 4.17. The molecule has 1 heterocycles. The van der Waals surface area contributed by atoms with Gasteiger partial charge in [0.05, 0.1) is 22.2 Å². The average molecular weight is 266 g/mol. The van der Waals surface area contributed by atoms with E-state index in [2.05, 4.69) is 10.1 Å². The molecule has 0 bridgehead atoms. The van der Waals surface area contributed by atoms with Crippen LogP contribution in [0.5, 0.6) is 0 Å². The summed E-state index contributed by atoms with van der Waals surface area (Å²) < 4.78 is 1.63. The van der Waals surface area contributed by atoms with E-state index >= 15 is 0 Å². The molecule has 0 radical (unpaired) electrons. The van der Waals surface area contributed by atoms with Crippen molar-refractivity contribution in [1.29, 1.82) is 0 Å². The summed E-state index contributed by atoms with van der Waals surface area (Å²) in [6.07, 6.45) is 3.18. The maximum Gasteiger partial charge on any atom is 0.270 e. The van der Waals surface area contributed by atoms with Crippen LogP contribution < -0.4 is 0 Å². The van der Waals surface area contributed by atoms with E-state index in [0.717, 1.165) is 11.0 Å². The molecule has 0 amide bonds. The highest BCUT2D eigenvalue weighted by Crippen LogP contribution is 2.13. The summed E-state index contributed by atoms with van der Waals surface area (Å²) in [6.45, 7) is 0. The summed E-state index contributed by atoms with van der Waals surface area (Å²) in [5.74, 6) is 0. The molecule has 1 aromatic heterocycles. The molecular weight excluding hydrogens is 256 g/mol. The molecule has 0 aliphatic carbocycles. The molecule has 0 atom stereocenters. The number of aromatic nitrogens is 2. The Kier molecular flexibility index (Phi) is 2.96. The minimum atomic E-state index is -0.427. The third kappa shape index (κ3) is 2.26. The molecule has 0 spiro atoms. The van der Waals surface area contributed by atoms with Crippen LogP contribution in [0, 0.1) is 10.1 Å². The lowest BCUT2D eigenvalue weighted by Gasteiger charge is -1.96. The van der Waals surface area contributed by atoms with Crippen molar-refractivity contribution in [2.45, 2.75) is 0 Å². The van der Waals surface area contributed by atoms with Crippen molar-refractivity contribution in [3.8, 4) is 0 Å². The molecule has 0 N–H and O–H groups in total. The first kappa shape index (κ1) is 12.0. The zero-order valence-corrected chi connectivity index (χ0v) is 10.4. The van der Waals surface area contributed by atoms with Crippen molar-refractivity contribution in [2.75, 3.05) is 0 Å². The van der Waals surface area contributed by atoms with Crippen LogP contribution in [-0.4, -0.2) is 20.8 Å². The standard InChI is InChI=1S/C14H10N4O2/c19-18(20)12-5-3-4-11(8-12)9-16-17-10-15-13-6-1-2-7-14(13)17/h1-10H/b16-9+. The van der Waals surface area contributed by atoms with Crippen LogP contribution in [0.15, 0.2) is 60.0 Å². The lowest BCUT2D eigenvalue weighted by atomic mass is 10.2. The van der Waals surface area contributed by atoms with E-state index in [1.807, 2.05) is 24.3 Å². The van der Waals surface area contributed by atoms with E-state index in [-0.39, 0.29) is 5.69 Å². The smallest absolute Gasteiger partial charge is 0.258 e. The normalized spacial score (nSPS) is 11.2. The highest BCUT2D eigenvalue weighted by Gasteiger charge is 2.04. The second-order valence-corrected chi connectivity index (χ2v) is 4.17. The Hall–Kier alpha value is -3.02. The number of fused-ring (bicyclic) bond motifs is 1. The molecule has 2 aromatic carbocycles.